The molecule has 15 heteroatoms. The maximum atomic E-state index is 15.6. The molecule has 328 valence electrons. The Morgan fingerprint density at radius 2 is 1.51 bits per heavy atom. The molecule has 61 heavy (non-hydrogen) atoms. The van der Waals surface area contributed by atoms with Gasteiger partial charge >= 0.3 is 23.9 Å². The number of carbonyl (C=O) groups excluding carboxylic acids is 6. The largest absolute Gasteiger partial charge is 0.456 e. The van der Waals surface area contributed by atoms with Gasteiger partial charge in [0.25, 0.3) is 0 Å². The molecule has 2 bridgehead atoms. The summed E-state index contributed by atoms with van der Waals surface area (Å²) >= 11 is 0. The number of aliphatic hydroxyl groups is 3. The minimum Gasteiger partial charge on any atom is -0.456 e. The van der Waals surface area contributed by atoms with Crippen LogP contribution in [0.2, 0.25) is 0 Å². The van der Waals surface area contributed by atoms with Gasteiger partial charge in [-0.3, -0.25) is 19.2 Å². The average Bonchev–Trinajstić information content (AvgIpc) is 3.21. The maximum absolute atomic E-state index is 15.6. The minimum atomic E-state index is -2.44. The summed E-state index contributed by atoms with van der Waals surface area (Å²) in [4.78, 5) is 83.5. The maximum Gasteiger partial charge on any atom is 0.338 e. The fraction of sp³-hybridized carbons (Fsp3) is 0.522. The first-order chi connectivity index (χ1) is 28.5. The molecular formula is C46H55NO14. The molecule has 2 saturated carbocycles. The molecule has 4 aliphatic rings. The fourth-order valence-corrected chi connectivity index (χ4v) is 10.5. The van der Waals surface area contributed by atoms with Crippen molar-refractivity contribution in [1.82, 2.24) is 5.32 Å². The van der Waals surface area contributed by atoms with Crippen molar-refractivity contribution in [2.24, 2.45) is 16.7 Å². The predicted octanol–water partition coefficient (Wildman–Crippen LogP) is 3.78. The van der Waals surface area contributed by atoms with Crippen LogP contribution in [0.25, 0.3) is 0 Å². The Hall–Kier alpha value is -5.22. The Balaban J connectivity index is 1.59. The summed E-state index contributed by atoms with van der Waals surface area (Å²) < 4.78 is 30.6. The zero-order chi connectivity index (χ0) is 45.0. The molecular weight excluding hydrogens is 790 g/mol. The Labute approximate surface area is 354 Å². The van der Waals surface area contributed by atoms with Gasteiger partial charge in [-0.15, -0.1) is 0 Å². The predicted molar refractivity (Wildman–Crippen MR) is 216 cm³/mol. The first-order valence-electron chi connectivity index (χ1n) is 20.3. The zero-order valence-corrected chi connectivity index (χ0v) is 35.8. The van der Waals surface area contributed by atoms with Crippen LogP contribution in [-0.2, 0) is 47.7 Å². The smallest absolute Gasteiger partial charge is 0.338 e. The van der Waals surface area contributed by atoms with E-state index in [0.29, 0.717) is 11.1 Å². The van der Waals surface area contributed by atoms with Gasteiger partial charge in [-0.1, -0.05) is 68.5 Å². The van der Waals surface area contributed by atoms with Crippen LogP contribution < -0.4 is 5.32 Å². The van der Waals surface area contributed by atoms with Crippen LogP contribution in [0.5, 0.6) is 0 Å². The summed E-state index contributed by atoms with van der Waals surface area (Å²) in [5.41, 5.74) is -9.45. The van der Waals surface area contributed by atoms with Gasteiger partial charge in [0.15, 0.2) is 23.6 Å². The molecule has 0 radical (unpaired) electrons. The molecule has 2 aromatic rings. The van der Waals surface area contributed by atoms with E-state index in [4.69, 9.17) is 23.7 Å². The van der Waals surface area contributed by atoms with E-state index in [9.17, 15) is 39.3 Å². The van der Waals surface area contributed by atoms with Gasteiger partial charge in [0.05, 0.1) is 35.6 Å². The van der Waals surface area contributed by atoms with Gasteiger partial charge in [-0.05, 0) is 63.5 Å². The number of esters is 4. The number of carbonyl (C=O) groups is 6. The van der Waals surface area contributed by atoms with Gasteiger partial charge in [-0.2, -0.15) is 0 Å². The summed E-state index contributed by atoms with van der Waals surface area (Å²) in [6.07, 6.45) is -7.18. The molecule has 4 N–H and O–H groups in total. The lowest BCUT2D eigenvalue weighted by Crippen LogP contribution is -2.85. The zero-order valence-electron chi connectivity index (χ0n) is 35.8. The minimum absolute atomic E-state index is 0.00672. The quantitative estimate of drug-likeness (QED) is 0.116. The van der Waals surface area contributed by atoms with E-state index in [1.807, 2.05) is 0 Å². The van der Waals surface area contributed by atoms with E-state index in [1.165, 1.54) is 32.9 Å². The van der Waals surface area contributed by atoms with Crippen LogP contribution in [0.4, 0.5) is 0 Å². The fourth-order valence-electron chi connectivity index (χ4n) is 10.5. The number of ether oxygens (including phenoxy) is 5. The molecule has 6 rings (SSSR count). The van der Waals surface area contributed by atoms with Gasteiger partial charge in [0.2, 0.25) is 5.91 Å². The third-order valence-corrected chi connectivity index (χ3v) is 13.8. The molecule has 11 atom stereocenters. The van der Waals surface area contributed by atoms with Crippen LogP contribution in [0, 0.1) is 16.7 Å². The highest BCUT2D eigenvalue weighted by Gasteiger charge is 2.82. The third-order valence-electron chi connectivity index (χ3n) is 13.8. The highest BCUT2D eigenvalue weighted by molar-refractivity contribution is 5.96. The summed E-state index contributed by atoms with van der Waals surface area (Å²) in [7, 11) is 0. The molecule has 1 aliphatic heterocycles. The first kappa shape index (κ1) is 45.3. The lowest BCUT2D eigenvalue weighted by atomic mass is 9.41. The summed E-state index contributed by atoms with van der Waals surface area (Å²) in [6.45, 7) is 12.6. The van der Waals surface area contributed by atoms with Crippen LogP contribution in [0.1, 0.15) is 97.1 Å². The highest BCUT2D eigenvalue weighted by Crippen LogP contribution is 2.68. The van der Waals surface area contributed by atoms with E-state index in [0.717, 1.165) is 13.8 Å². The van der Waals surface area contributed by atoms with Crippen LogP contribution in [-0.4, -0.2) is 105 Å². The molecule has 1 saturated heterocycles. The first-order valence-corrected chi connectivity index (χ1v) is 20.3. The Morgan fingerprint density at radius 1 is 0.902 bits per heavy atom. The number of rotatable bonds is 10. The lowest BCUT2D eigenvalue weighted by Gasteiger charge is -2.70. The Kier molecular flexibility index (Phi) is 12.1. The molecule has 0 spiro atoms. The van der Waals surface area contributed by atoms with Crippen LogP contribution >= 0.6 is 0 Å². The number of ketones is 1. The second-order valence-corrected chi connectivity index (χ2v) is 17.5. The third kappa shape index (κ3) is 7.18. The molecule has 3 fully saturated rings. The van der Waals surface area contributed by atoms with Crippen LogP contribution in [0.3, 0.4) is 0 Å². The number of nitrogens with one attached hydrogen (secondary N) is 1. The van der Waals surface area contributed by atoms with E-state index in [1.54, 1.807) is 82.3 Å². The van der Waals surface area contributed by atoms with Crippen molar-refractivity contribution in [2.45, 2.75) is 129 Å². The molecule has 1 heterocycles. The molecule has 1 amide bonds. The number of hydrogen-bond donors (Lipinski definition) is 4. The lowest BCUT2D eigenvalue weighted by molar-refractivity contribution is -0.365. The second kappa shape index (κ2) is 16.2. The number of fused-ring (bicyclic) bond motifs is 5. The van der Waals surface area contributed by atoms with Crippen molar-refractivity contribution in [3.63, 3.8) is 0 Å². The van der Waals surface area contributed by atoms with E-state index < -0.39 is 112 Å². The Bertz CT molecular complexity index is 2170. The SMILES string of the molecule is C/C=C(\C)C(=O)N[C@@H](c1ccccc1)[C@@H](O)C(=O)O[C@H]1C[C@]2(O)C(C)(C)C(=C1C)[C@@H](OC(C)=O)C(=O)[C@@]1(C)[C@@H]([C@]3(OC(C)=O)CO[C@@H]3C[C@@H]1O)[C@@]2(C)OC(=O)c1ccccc1. The van der Waals surface area contributed by atoms with Crippen molar-refractivity contribution in [3.8, 4) is 0 Å². The van der Waals surface area contributed by atoms with Crippen molar-refractivity contribution in [2.75, 3.05) is 6.61 Å². The monoisotopic (exact) mass is 845 g/mol. The summed E-state index contributed by atoms with van der Waals surface area (Å²) in [5.74, 6) is -6.87. The van der Waals surface area contributed by atoms with E-state index in [-0.39, 0.29) is 29.7 Å². The highest BCUT2D eigenvalue weighted by atomic mass is 16.6. The van der Waals surface area contributed by atoms with Crippen molar-refractivity contribution < 1.29 is 67.8 Å². The second-order valence-electron chi connectivity index (χ2n) is 17.5. The summed E-state index contributed by atoms with van der Waals surface area (Å²) in [6, 6.07) is 14.8. The van der Waals surface area contributed by atoms with Crippen molar-refractivity contribution >= 4 is 35.6 Å². The van der Waals surface area contributed by atoms with Crippen LogP contribution in [0.15, 0.2) is 83.5 Å². The standard InChI is InChI=1S/C46H55NO14/c1-10-24(2)38(53)47-34(28-17-13-11-14-18-28)35(51)40(55)59-30-22-46(56)42(6,7)33(25(30)3)36(58-26(4)48)37(52)43(8)31(50)21-32-45(23-57-32,60-27(5)49)41(43)44(46,9)61-39(54)29-19-15-12-16-20-29/h10-20,30-32,34-36,41,50-51,56H,21-23H2,1-9H3,(H,47,53)/b24-10+/t30-,31-,32+,34-,35+,36+,41+,43-,44+,45-,46-/m0/s1. The van der Waals surface area contributed by atoms with Gasteiger partial charge < -0.3 is 44.3 Å². The van der Waals surface area contributed by atoms with E-state index >= 15 is 4.79 Å². The van der Waals surface area contributed by atoms with Gasteiger partial charge in [-0.25, -0.2) is 9.59 Å². The molecule has 3 aliphatic carbocycles. The number of hydrogen-bond acceptors (Lipinski definition) is 14. The Morgan fingerprint density at radius 3 is 2.05 bits per heavy atom. The normalized spacial score (nSPS) is 33.8. The number of amides is 1. The molecule has 15 nitrogen and oxygen atoms in total. The molecule has 0 aromatic heterocycles. The number of allylic oxidation sites excluding steroid dienone is 1. The number of Topliss-reactive ketones (excluding diaryl/α,β-unsaturated/α-hetero) is 1. The van der Waals surface area contributed by atoms with Crippen molar-refractivity contribution in [3.05, 3.63) is 94.6 Å². The average molecular weight is 846 g/mol. The topological polar surface area (TPSA) is 221 Å². The van der Waals surface area contributed by atoms with Gasteiger partial charge in [0.1, 0.15) is 23.4 Å². The van der Waals surface area contributed by atoms with Gasteiger partial charge in [0, 0.05) is 37.7 Å². The number of benzene rings is 2. The van der Waals surface area contributed by atoms with E-state index in [2.05, 4.69) is 5.32 Å². The summed E-state index contributed by atoms with van der Waals surface area (Å²) in [5, 5.41) is 40.4. The van der Waals surface area contributed by atoms with Crippen molar-refractivity contribution in [1.29, 1.82) is 0 Å². The molecule has 2 aromatic carbocycles. The molecule has 0 unspecified atom stereocenters. The number of aliphatic hydroxyl groups excluding tert-OH is 2.